The van der Waals surface area contributed by atoms with Gasteiger partial charge >= 0.3 is 0 Å². The summed E-state index contributed by atoms with van der Waals surface area (Å²) in [6, 6.07) is 16.2. The van der Waals surface area contributed by atoms with Crippen molar-refractivity contribution in [1.29, 1.82) is 0 Å². The molecule has 0 saturated heterocycles. The Kier molecular flexibility index (Phi) is 5.43. The summed E-state index contributed by atoms with van der Waals surface area (Å²) in [6.07, 6.45) is 5.36. The Morgan fingerprint density at radius 3 is 2.78 bits per heavy atom. The van der Waals surface area contributed by atoms with Crippen LogP contribution in [0.1, 0.15) is 62.9 Å². The largest absolute Gasteiger partial charge is 0.345 e. The maximum Gasteiger partial charge on any atom is 0.257 e. The average Bonchev–Trinajstić information content (AvgIpc) is 3.22. The van der Waals surface area contributed by atoms with E-state index in [-0.39, 0.29) is 11.9 Å². The summed E-state index contributed by atoms with van der Waals surface area (Å²) in [5, 5.41) is 8.46. The van der Waals surface area contributed by atoms with E-state index in [1.807, 2.05) is 44.2 Å². The lowest BCUT2D eigenvalue weighted by atomic mass is 9.87. The van der Waals surface area contributed by atoms with Crippen molar-refractivity contribution in [2.24, 2.45) is 0 Å². The van der Waals surface area contributed by atoms with Crippen LogP contribution >= 0.6 is 11.6 Å². The molecule has 32 heavy (non-hydrogen) atoms. The van der Waals surface area contributed by atoms with E-state index in [1.165, 1.54) is 11.1 Å². The lowest BCUT2D eigenvalue weighted by molar-refractivity contribution is 0.0934. The van der Waals surface area contributed by atoms with Gasteiger partial charge in [0.1, 0.15) is 5.56 Å². The van der Waals surface area contributed by atoms with Gasteiger partial charge in [0.25, 0.3) is 5.91 Å². The number of aryl methyl sites for hydroxylation is 3. The van der Waals surface area contributed by atoms with E-state index in [4.69, 9.17) is 16.6 Å². The Labute approximate surface area is 192 Å². The quantitative estimate of drug-likeness (QED) is 0.458. The number of aromatic nitrogens is 3. The first kappa shape index (κ1) is 20.7. The molecule has 0 radical (unpaired) electrons. The van der Waals surface area contributed by atoms with E-state index in [9.17, 15) is 4.79 Å². The highest BCUT2D eigenvalue weighted by Crippen LogP contribution is 2.30. The third-order valence-corrected chi connectivity index (χ3v) is 6.82. The molecule has 1 aliphatic carbocycles. The second-order valence-corrected chi connectivity index (χ2v) is 8.85. The summed E-state index contributed by atoms with van der Waals surface area (Å²) in [6.45, 7) is 3.99. The molecule has 1 atom stereocenters. The minimum Gasteiger partial charge on any atom is -0.345 e. The molecule has 1 amide bonds. The second kappa shape index (κ2) is 8.40. The molecule has 1 aliphatic rings. The van der Waals surface area contributed by atoms with Gasteiger partial charge in [-0.05, 0) is 61.4 Å². The van der Waals surface area contributed by atoms with Gasteiger partial charge < -0.3 is 5.32 Å². The molecule has 0 aliphatic heterocycles. The SMILES string of the molecule is Cc1nc2c(C(=O)N[C@H]3CCCc4ccccc43)cnn2c(C)c1Cc1ccccc1Cl. The minimum absolute atomic E-state index is 0.0177. The molecule has 2 heterocycles. The third-order valence-electron chi connectivity index (χ3n) is 6.45. The molecule has 5 nitrogen and oxygen atoms in total. The zero-order valence-electron chi connectivity index (χ0n) is 18.2. The van der Waals surface area contributed by atoms with Crippen LogP contribution in [0.4, 0.5) is 0 Å². The van der Waals surface area contributed by atoms with Crippen LogP contribution in [-0.4, -0.2) is 20.5 Å². The predicted octanol–water partition coefficient (Wildman–Crippen LogP) is 5.40. The molecule has 4 aromatic rings. The van der Waals surface area contributed by atoms with Gasteiger partial charge in [-0.15, -0.1) is 0 Å². The smallest absolute Gasteiger partial charge is 0.257 e. The van der Waals surface area contributed by atoms with Gasteiger partial charge in [-0.1, -0.05) is 54.1 Å². The summed E-state index contributed by atoms with van der Waals surface area (Å²) < 4.78 is 1.77. The van der Waals surface area contributed by atoms with Crippen molar-refractivity contribution in [2.75, 3.05) is 0 Å². The fraction of sp³-hybridized carbons (Fsp3) is 0.269. The molecular weight excluding hydrogens is 420 g/mol. The van der Waals surface area contributed by atoms with Crippen LogP contribution in [-0.2, 0) is 12.8 Å². The van der Waals surface area contributed by atoms with Crippen molar-refractivity contribution < 1.29 is 4.79 Å². The van der Waals surface area contributed by atoms with E-state index < -0.39 is 0 Å². The number of fused-ring (bicyclic) bond motifs is 2. The van der Waals surface area contributed by atoms with Crippen LogP contribution in [0.15, 0.2) is 54.7 Å². The zero-order valence-corrected chi connectivity index (χ0v) is 19.0. The van der Waals surface area contributed by atoms with Crippen LogP contribution < -0.4 is 5.32 Å². The molecule has 0 saturated carbocycles. The summed E-state index contributed by atoms with van der Waals surface area (Å²) in [7, 11) is 0. The maximum atomic E-state index is 13.2. The first-order chi connectivity index (χ1) is 15.5. The zero-order chi connectivity index (χ0) is 22.2. The van der Waals surface area contributed by atoms with E-state index in [1.54, 1.807) is 10.7 Å². The predicted molar refractivity (Wildman–Crippen MR) is 126 cm³/mol. The number of amides is 1. The molecule has 0 bridgehead atoms. The number of halogens is 1. The van der Waals surface area contributed by atoms with E-state index in [0.717, 1.165) is 46.8 Å². The number of carbonyl (C=O) groups excluding carboxylic acids is 1. The van der Waals surface area contributed by atoms with Gasteiger partial charge in [-0.2, -0.15) is 5.10 Å². The Balaban J connectivity index is 1.46. The fourth-order valence-electron chi connectivity index (χ4n) is 4.70. The number of nitrogens with one attached hydrogen (secondary N) is 1. The average molecular weight is 445 g/mol. The lowest BCUT2D eigenvalue weighted by Gasteiger charge is -2.26. The van der Waals surface area contributed by atoms with Crippen molar-refractivity contribution in [1.82, 2.24) is 19.9 Å². The minimum atomic E-state index is -0.133. The second-order valence-electron chi connectivity index (χ2n) is 8.44. The van der Waals surface area contributed by atoms with Crippen LogP contribution in [0.2, 0.25) is 5.02 Å². The molecule has 6 heteroatoms. The fourth-order valence-corrected chi connectivity index (χ4v) is 4.90. The molecule has 5 rings (SSSR count). The van der Waals surface area contributed by atoms with E-state index >= 15 is 0 Å². The lowest BCUT2D eigenvalue weighted by Crippen LogP contribution is -2.31. The van der Waals surface area contributed by atoms with Crippen LogP contribution in [0.25, 0.3) is 5.65 Å². The molecular formula is C26H25ClN4O. The van der Waals surface area contributed by atoms with Crippen LogP contribution in [0.5, 0.6) is 0 Å². The van der Waals surface area contributed by atoms with Gasteiger partial charge in [0.15, 0.2) is 5.65 Å². The summed E-state index contributed by atoms with van der Waals surface area (Å²) >= 11 is 6.38. The number of hydrogen-bond acceptors (Lipinski definition) is 3. The number of nitrogens with zero attached hydrogens (tertiary/aromatic N) is 3. The van der Waals surface area contributed by atoms with Crippen molar-refractivity contribution in [3.8, 4) is 0 Å². The Bertz CT molecular complexity index is 1330. The molecule has 0 unspecified atom stereocenters. The van der Waals surface area contributed by atoms with Gasteiger partial charge in [-0.3, -0.25) is 4.79 Å². The number of hydrogen-bond donors (Lipinski definition) is 1. The number of rotatable bonds is 4. The topological polar surface area (TPSA) is 59.3 Å². The highest BCUT2D eigenvalue weighted by atomic mass is 35.5. The first-order valence-corrected chi connectivity index (χ1v) is 11.4. The number of benzene rings is 2. The normalized spacial score (nSPS) is 15.5. The van der Waals surface area contributed by atoms with E-state index in [0.29, 0.717) is 17.6 Å². The molecule has 0 fully saturated rings. The standard InChI is InChI=1S/C26H25ClN4O/c1-16-21(14-19-9-4-6-12-23(19)27)17(2)31-25(29-16)22(15-28-31)26(32)30-24-13-7-10-18-8-3-5-11-20(18)24/h3-6,8-9,11-12,15,24H,7,10,13-14H2,1-2H3,(H,30,32)/t24-/m0/s1. The van der Waals surface area contributed by atoms with Gasteiger partial charge in [-0.25, -0.2) is 9.50 Å². The number of carbonyl (C=O) groups is 1. The third kappa shape index (κ3) is 3.67. The molecule has 1 N–H and O–H groups in total. The van der Waals surface area contributed by atoms with Crippen molar-refractivity contribution in [3.05, 3.63) is 99.0 Å². The van der Waals surface area contributed by atoms with Crippen molar-refractivity contribution >= 4 is 23.2 Å². The van der Waals surface area contributed by atoms with Crippen molar-refractivity contribution in [2.45, 2.75) is 45.6 Å². The Morgan fingerprint density at radius 2 is 1.94 bits per heavy atom. The Morgan fingerprint density at radius 1 is 1.16 bits per heavy atom. The monoisotopic (exact) mass is 444 g/mol. The summed E-state index contributed by atoms with van der Waals surface area (Å²) in [4.78, 5) is 18.0. The van der Waals surface area contributed by atoms with Crippen LogP contribution in [0, 0.1) is 13.8 Å². The highest BCUT2D eigenvalue weighted by Gasteiger charge is 2.24. The van der Waals surface area contributed by atoms with E-state index in [2.05, 4.69) is 28.6 Å². The highest BCUT2D eigenvalue weighted by molar-refractivity contribution is 6.31. The Hall–Kier alpha value is -3.18. The van der Waals surface area contributed by atoms with Gasteiger partial charge in [0.05, 0.1) is 12.2 Å². The molecule has 2 aromatic carbocycles. The summed E-state index contributed by atoms with van der Waals surface area (Å²) in [5.74, 6) is -0.133. The first-order valence-electron chi connectivity index (χ1n) is 11.0. The van der Waals surface area contributed by atoms with Gasteiger partial charge in [0.2, 0.25) is 0 Å². The maximum absolute atomic E-state index is 13.2. The molecule has 2 aromatic heterocycles. The molecule has 0 spiro atoms. The molecule has 162 valence electrons. The summed E-state index contributed by atoms with van der Waals surface area (Å²) in [5.41, 5.74) is 7.59. The van der Waals surface area contributed by atoms with Gasteiger partial charge in [0, 0.05) is 22.8 Å². The van der Waals surface area contributed by atoms with Crippen LogP contribution in [0.3, 0.4) is 0 Å². The van der Waals surface area contributed by atoms with Crippen molar-refractivity contribution in [3.63, 3.8) is 0 Å².